The van der Waals surface area contributed by atoms with Crippen molar-refractivity contribution >= 4 is 21.4 Å². The number of rotatable bonds is 5. The predicted octanol–water partition coefficient (Wildman–Crippen LogP) is 7.03. The quantitative estimate of drug-likeness (QED) is 0.482. The van der Waals surface area contributed by atoms with Gasteiger partial charge in [0, 0.05) is 15.1 Å². The van der Waals surface area contributed by atoms with Gasteiger partial charge in [0.2, 0.25) is 0 Å². The molecule has 0 saturated heterocycles. The van der Waals surface area contributed by atoms with E-state index in [0.717, 1.165) is 34.9 Å². The lowest BCUT2D eigenvalue weighted by molar-refractivity contribution is -0.137. The van der Waals surface area contributed by atoms with E-state index in [2.05, 4.69) is 6.92 Å². The molecule has 0 unspecified atom stereocenters. The molecule has 0 saturated carbocycles. The Morgan fingerprint density at radius 3 is 2.52 bits per heavy atom. The van der Waals surface area contributed by atoms with Crippen LogP contribution in [0.15, 0.2) is 42.5 Å². The normalized spacial score (nSPS) is 12.0. The summed E-state index contributed by atoms with van der Waals surface area (Å²) in [6.45, 7) is 2.07. The smallest absolute Gasteiger partial charge is 0.417 e. The fourth-order valence-corrected chi connectivity index (χ4v) is 4.06. The lowest BCUT2D eigenvalue weighted by Gasteiger charge is -2.14. The highest BCUT2D eigenvalue weighted by molar-refractivity contribution is 7.22. The number of aromatic hydroxyl groups is 1. The second-order valence-corrected chi connectivity index (χ2v) is 7.25. The molecule has 0 atom stereocenters. The molecule has 0 spiro atoms. The van der Waals surface area contributed by atoms with Crippen molar-refractivity contribution in [1.29, 1.82) is 0 Å². The predicted molar refractivity (Wildman–Crippen MR) is 97.2 cm³/mol. The maximum atomic E-state index is 13.6. The minimum Gasteiger partial charge on any atom is -0.508 e. The van der Waals surface area contributed by atoms with Gasteiger partial charge in [-0.1, -0.05) is 31.9 Å². The van der Waals surface area contributed by atoms with Crippen LogP contribution in [0.25, 0.3) is 20.5 Å². The summed E-state index contributed by atoms with van der Waals surface area (Å²) in [5.41, 5.74) is 0.341. The fraction of sp³-hybridized carbons (Fsp3) is 0.300. The molecule has 1 heterocycles. The Morgan fingerprint density at radius 1 is 1.00 bits per heavy atom. The average Bonchev–Trinajstić information content (AvgIpc) is 2.97. The molecule has 0 bridgehead atoms. The third kappa shape index (κ3) is 3.98. The number of phenols is 1. The van der Waals surface area contributed by atoms with Crippen molar-refractivity contribution in [2.45, 2.75) is 38.8 Å². The Kier molecular flexibility index (Phi) is 5.04. The first-order valence-electron chi connectivity index (χ1n) is 8.31. The highest BCUT2D eigenvalue weighted by atomic mass is 32.1. The maximum Gasteiger partial charge on any atom is 0.417 e. The number of hydrogen-bond acceptors (Lipinski definition) is 2. The Morgan fingerprint density at radius 2 is 1.80 bits per heavy atom. The SMILES string of the molecule is CCCCCc1ccc(-c2cc3ccc(O)cc3s2)c(C(F)(F)F)c1. The van der Waals surface area contributed by atoms with Gasteiger partial charge in [-0.2, -0.15) is 13.2 Å². The molecule has 0 aliphatic carbocycles. The summed E-state index contributed by atoms with van der Waals surface area (Å²) in [6, 6.07) is 11.2. The van der Waals surface area contributed by atoms with Crippen molar-refractivity contribution in [3.8, 4) is 16.2 Å². The molecular formula is C20H19F3OS. The summed E-state index contributed by atoms with van der Waals surface area (Å²) in [7, 11) is 0. The van der Waals surface area contributed by atoms with Gasteiger partial charge in [-0.25, -0.2) is 0 Å². The van der Waals surface area contributed by atoms with E-state index in [1.807, 2.05) is 0 Å². The van der Waals surface area contributed by atoms with Crippen molar-refractivity contribution in [3.05, 3.63) is 53.6 Å². The molecule has 0 amide bonds. The van der Waals surface area contributed by atoms with Crippen molar-refractivity contribution < 1.29 is 18.3 Å². The Hall–Kier alpha value is -2.01. The maximum absolute atomic E-state index is 13.6. The highest BCUT2D eigenvalue weighted by Crippen LogP contribution is 2.42. The van der Waals surface area contributed by atoms with Crippen LogP contribution in [0.3, 0.4) is 0 Å². The number of halogens is 3. The second-order valence-electron chi connectivity index (χ2n) is 6.17. The number of benzene rings is 2. The van der Waals surface area contributed by atoms with Crippen molar-refractivity contribution in [2.24, 2.45) is 0 Å². The van der Waals surface area contributed by atoms with Gasteiger partial charge in [0.1, 0.15) is 5.75 Å². The van der Waals surface area contributed by atoms with Crippen LogP contribution in [-0.4, -0.2) is 5.11 Å². The number of unbranched alkanes of at least 4 members (excludes halogenated alkanes) is 2. The molecule has 1 N–H and O–H groups in total. The number of alkyl halides is 3. The zero-order valence-electron chi connectivity index (χ0n) is 13.9. The van der Waals surface area contributed by atoms with Crippen LogP contribution >= 0.6 is 11.3 Å². The summed E-state index contributed by atoms with van der Waals surface area (Å²) in [4.78, 5) is 0.563. The lowest BCUT2D eigenvalue weighted by atomic mass is 9.98. The van der Waals surface area contributed by atoms with Gasteiger partial charge in [0.05, 0.1) is 5.56 Å². The first kappa shape index (κ1) is 17.8. The van der Waals surface area contributed by atoms with Gasteiger partial charge in [0.25, 0.3) is 0 Å². The molecule has 0 aliphatic rings. The molecule has 1 aromatic heterocycles. The largest absolute Gasteiger partial charge is 0.508 e. The highest BCUT2D eigenvalue weighted by Gasteiger charge is 2.34. The molecule has 1 nitrogen and oxygen atoms in total. The average molecular weight is 364 g/mol. The Balaban J connectivity index is 2.04. The van der Waals surface area contributed by atoms with Crippen molar-refractivity contribution in [2.75, 3.05) is 0 Å². The van der Waals surface area contributed by atoms with E-state index in [4.69, 9.17) is 0 Å². The Bertz CT molecular complexity index is 880. The van der Waals surface area contributed by atoms with Crippen LogP contribution in [0.4, 0.5) is 13.2 Å². The van der Waals surface area contributed by atoms with Gasteiger partial charge >= 0.3 is 6.18 Å². The first-order valence-corrected chi connectivity index (χ1v) is 9.13. The lowest BCUT2D eigenvalue weighted by Crippen LogP contribution is -2.07. The molecule has 132 valence electrons. The standard InChI is InChI=1S/C20H19F3OS/c1-2-3-4-5-13-6-9-16(17(10-13)20(21,22)23)19-11-14-7-8-15(24)12-18(14)25-19/h6-12,24H,2-5H2,1H3. The summed E-state index contributed by atoms with van der Waals surface area (Å²) in [5, 5.41) is 10.4. The molecule has 3 rings (SSSR count). The third-order valence-corrected chi connectivity index (χ3v) is 5.36. The van der Waals surface area contributed by atoms with Gasteiger partial charge in [-0.3, -0.25) is 0 Å². The molecular weight excluding hydrogens is 345 g/mol. The molecule has 3 aromatic rings. The number of hydrogen-bond donors (Lipinski definition) is 1. The number of fused-ring (bicyclic) bond motifs is 1. The van der Waals surface area contributed by atoms with Crippen LogP contribution in [0.2, 0.25) is 0 Å². The molecule has 2 aromatic carbocycles. The van der Waals surface area contributed by atoms with Crippen LogP contribution in [0.1, 0.15) is 37.3 Å². The topological polar surface area (TPSA) is 20.2 Å². The van der Waals surface area contributed by atoms with Crippen molar-refractivity contribution in [3.63, 3.8) is 0 Å². The minimum atomic E-state index is -4.39. The van der Waals surface area contributed by atoms with Crippen LogP contribution in [0.5, 0.6) is 5.75 Å². The second kappa shape index (κ2) is 7.08. The van der Waals surface area contributed by atoms with E-state index < -0.39 is 11.7 Å². The van der Waals surface area contributed by atoms with Crippen LogP contribution in [-0.2, 0) is 12.6 Å². The molecule has 0 fully saturated rings. The van der Waals surface area contributed by atoms with Gasteiger partial charge in [-0.05, 0) is 54.1 Å². The van der Waals surface area contributed by atoms with E-state index in [0.29, 0.717) is 11.3 Å². The summed E-state index contributed by atoms with van der Waals surface area (Å²) < 4.78 is 41.5. The van der Waals surface area contributed by atoms with E-state index in [1.54, 1.807) is 36.4 Å². The van der Waals surface area contributed by atoms with Gasteiger partial charge in [0.15, 0.2) is 0 Å². The molecule has 25 heavy (non-hydrogen) atoms. The molecule has 5 heteroatoms. The van der Waals surface area contributed by atoms with E-state index in [1.165, 1.54) is 17.4 Å². The summed E-state index contributed by atoms with van der Waals surface area (Å²) >= 11 is 1.26. The fourth-order valence-electron chi connectivity index (χ4n) is 2.93. The number of phenolic OH excluding ortho intramolecular Hbond substituents is 1. The van der Waals surface area contributed by atoms with Crippen molar-refractivity contribution in [1.82, 2.24) is 0 Å². The van der Waals surface area contributed by atoms with Gasteiger partial charge in [-0.15, -0.1) is 11.3 Å². The van der Waals surface area contributed by atoms with Gasteiger partial charge < -0.3 is 5.11 Å². The zero-order valence-corrected chi connectivity index (χ0v) is 14.7. The number of aryl methyl sites for hydroxylation is 1. The van der Waals surface area contributed by atoms with E-state index in [-0.39, 0.29) is 11.3 Å². The molecule has 0 aliphatic heterocycles. The minimum absolute atomic E-state index is 0.114. The summed E-state index contributed by atoms with van der Waals surface area (Å²) in [6.07, 6.45) is -0.775. The number of thiophene rings is 1. The monoisotopic (exact) mass is 364 g/mol. The van der Waals surface area contributed by atoms with E-state index in [9.17, 15) is 18.3 Å². The third-order valence-electron chi connectivity index (χ3n) is 4.23. The molecule has 0 radical (unpaired) electrons. The first-order chi connectivity index (χ1) is 11.9. The van der Waals surface area contributed by atoms with Crippen LogP contribution in [0, 0.1) is 0 Å². The van der Waals surface area contributed by atoms with E-state index >= 15 is 0 Å². The van der Waals surface area contributed by atoms with Crippen LogP contribution < -0.4 is 0 Å². The zero-order chi connectivity index (χ0) is 18.0. The Labute approximate surface area is 148 Å². The summed E-state index contributed by atoms with van der Waals surface area (Å²) in [5.74, 6) is 0.114.